The van der Waals surface area contributed by atoms with E-state index in [1.54, 1.807) is 0 Å². The first-order valence-electron chi connectivity index (χ1n) is 5.80. The Kier molecular flexibility index (Phi) is 3.82. The topological polar surface area (TPSA) is 16.1 Å². The molecule has 6 heteroatoms. The molecule has 0 radical (unpaired) electrons. The summed E-state index contributed by atoms with van der Waals surface area (Å²) in [6, 6.07) is 1.22. The lowest BCUT2D eigenvalue weighted by Gasteiger charge is -2.29. The first-order valence-corrected chi connectivity index (χ1v) is 6.18. The van der Waals surface area contributed by atoms with Crippen LogP contribution in [0.4, 0.5) is 13.2 Å². The van der Waals surface area contributed by atoms with E-state index in [4.69, 9.17) is 11.6 Å². The van der Waals surface area contributed by atoms with Gasteiger partial charge in [-0.25, -0.2) is 4.98 Å². The number of halogens is 4. The quantitative estimate of drug-likeness (QED) is 0.767. The van der Waals surface area contributed by atoms with Crippen LogP contribution in [0, 0.1) is 5.92 Å². The molecule has 0 saturated carbocycles. The standard InChI is InChI=1S/C12H14ClF3N2/c1-8-4-5-18(7-8)11(12(14,15)16)9-2-3-10(13)17-6-9/h2-3,6,8,11H,4-5,7H2,1H3/t8-,11-/m0/s1. The monoisotopic (exact) mass is 278 g/mol. The molecule has 1 aliphatic rings. The zero-order chi connectivity index (χ0) is 13.3. The number of aromatic nitrogens is 1. The smallest absolute Gasteiger partial charge is 0.288 e. The number of nitrogens with zero attached hydrogens (tertiary/aromatic N) is 2. The molecule has 2 rings (SSSR count). The van der Waals surface area contributed by atoms with Crippen molar-refractivity contribution in [1.82, 2.24) is 9.88 Å². The van der Waals surface area contributed by atoms with Gasteiger partial charge in [0.1, 0.15) is 11.2 Å². The third-order valence-electron chi connectivity index (χ3n) is 3.20. The van der Waals surface area contributed by atoms with Crippen LogP contribution in [0.1, 0.15) is 24.9 Å². The van der Waals surface area contributed by atoms with Crippen molar-refractivity contribution in [3.63, 3.8) is 0 Å². The first-order chi connectivity index (χ1) is 8.38. The number of alkyl halides is 3. The van der Waals surface area contributed by atoms with Gasteiger partial charge in [-0.1, -0.05) is 24.6 Å². The lowest BCUT2D eigenvalue weighted by molar-refractivity contribution is -0.184. The molecule has 2 heterocycles. The van der Waals surface area contributed by atoms with E-state index in [9.17, 15) is 13.2 Å². The highest BCUT2D eigenvalue weighted by Gasteiger charge is 2.46. The minimum Gasteiger partial charge on any atom is -0.288 e. The highest BCUT2D eigenvalue weighted by atomic mass is 35.5. The fraction of sp³-hybridized carbons (Fsp3) is 0.583. The minimum atomic E-state index is -4.29. The molecule has 1 aromatic heterocycles. The highest BCUT2D eigenvalue weighted by Crippen LogP contribution is 2.40. The summed E-state index contributed by atoms with van der Waals surface area (Å²) in [5.41, 5.74) is 0.154. The Balaban J connectivity index is 2.28. The summed E-state index contributed by atoms with van der Waals surface area (Å²) >= 11 is 5.61. The summed E-state index contributed by atoms with van der Waals surface area (Å²) in [5.74, 6) is 0.301. The lowest BCUT2D eigenvalue weighted by atomic mass is 10.1. The van der Waals surface area contributed by atoms with E-state index in [2.05, 4.69) is 4.98 Å². The van der Waals surface area contributed by atoms with E-state index < -0.39 is 12.2 Å². The molecule has 0 spiro atoms. The maximum Gasteiger partial charge on any atom is 0.408 e. The largest absolute Gasteiger partial charge is 0.408 e. The van der Waals surface area contributed by atoms with Crippen molar-refractivity contribution in [1.29, 1.82) is 0 Å². The average Bonchev–Trinajstić information content (AvgIpc) is 2.66. The number of likely N-dealkylation sites (tertiary alicyclic amines) is 1. The van der Waals surface area contributed by atoms with E-state index in [0.29, 0.717) is 19.0 Å². The fourth-order valence-electron chi connectivity index (χ4n) is 2.36. The Morgan fingerprint density at radius 3 is 2.61 bits per heavy atom. The molecule has 0 bridgehead atoms. The second-order valence-electron chi connectivity index (χ2n) is 4.75. The van der Waals surface area contributed by atoms with Crippen molar-refractivity contribution in [2.24, 2.45) is 5.92 Å². The average molecular weight is 279 g/mol. The Labute approximate surface area is 109 Å². The Hall–Kier alpha value is -0.810. The Morgan fingerprint density at radius 1 is 1.44 bits per heavy atom. The van der Waals surface area contributed by atoms with Gasteiger partial charge in [-0.15, -0.1) is 0 Å². The molecule has 0 aliphatic carbocycles. The summed E-state index contributed by atoms with van der Waals surface area (Å²) in [6.07, 6.45) is -2.28. The van der Waals surface area contributed by atoms with Gasteiger partial charge in [0.05, 0.1) is 0 Å². The van der Waals surface area contributed by atoms with Gasteiger partial charge in [-0.3, -0.25) is 4.90 Å². The zero-order valence-electron chi connectivity index (χ0n) is 9.91. The van der Waals surface area contributed by atoms with Crippen molar-refractivity contribution >= 4 is 11.6 Å². The number of hydrogen-bond acceptors (Lipinski definition) is 2. The van der Waals surface area contributed by atoms with Crippen molar-refractivity contribution in [3.8, 4) is 0 Å². The summed E-state index contributed by atoms with van der Waals surface area (Å²) in [4.78, 5) is 5.21. The number of rotatable bonds is 2. The van der Waals surface area contributed by atoms with Crippen LogP contribution in [0.2, 0.25) is 5.15 Å². The number of hydrogen-bond donors (Lipinski definition) is 0. The van der Waals surface area contributed by atoms with Crippen LogP contribution in [0.5, 0.6) is 0 Å². The summed E-state index contributed by atoms with van der Waals surface area (Å²) in [7, 11) is 0. The van der Waals surface area contributed by atoms with Crippen LogP contribution < -0.4 is 0 Å². The normalized spacial score (nSPS) is 23.3. The van der Waals surface area contributed by atoms with E-state index in [1.165, 1.54) is 23.2 Å². The molecule has 0 N–H and O–H groups in total. The third-order valence-corrected chi connectivity index (χ3v) is 3.42. The van der Waals surface area contributed by atoms with Crippen molar-refractivity contribution in [2.45, 2.75) is 25.6 Å². The van der Waals surface area contributed by atoms with Crippen molar-refractivity contribution in [3.05, 3.63) is 29.0 Å². The Bertz CT molecular complexity index is 405. The molecule has 2 atom stereocenters. The molecule has 1 aromatic rings. The zero-order valence-corrected chi connectivity index (χ0v) is 10.7. The van der Waals surface area contributed by atoms with Gasteiger partial charge < -0.3 is 0 Å². The van der Waals surface area contributed by atoms with Crippen LogP contribution in [0.25, 0.3) is 0 Å². The van der Waals surface area contributed by atoms with Crippen LogP contribution >= 0.6 is 11.6 Å². The van der Waals surface area contributed by atoms with E-state index in [1.807, 2.05) is 6.92 Å². The van der Waals surface area contributed by atoms with Crippen LogP contribution in [-0.4, -0.2) is 29.1 Å². The molecule has 1 fully saturated rings. The molecule has 1 aliphatic heterocycles. The molecule has 2 nitrogen and oxygen atoms in total. The molecule has 18 heavy (non-hydrogen) atoms. The van der Waals surface area contributed by atoms with Gasteiger partial charge in [0, 0.05) is 12.7 Å². The molecule has 0 unspecified atom stereocenters. The molecular weight excluding hydrogens is 265 g/mol. The van der Waals surface area contributed by atoms with E-state index in [0.717, 1.165) is 6.42 Å². The molecular formula is C12H14ClF3N2. The SMILES string of the molecule is C[C@H]1CCN([C@@H](c2ccc(Cl)nc2)C(F)(F)F)C1. The Morgan fingerprint density at radius 2 is 2.17 bits per heavy atom. The third kappa shape index (κ3) is 2.95. The van der Waals surface area contributed by atoms with Crippen molar-refractivity contribution in [2.75, 3.05) is 13.1 Å². The van der Waals surface area contributed by atoms with Gasteiger partial charge in [0.15, 0.2) is 0 Å². The lowest BCUT2D eigenvalue weighted by Crippen LogP contribution is -2.37. The minimum absolute atomic E-state index is 0.154. The first kappa shape index (κ1) is 13.6. The molecule has 0 amide bonds. The summed E-state index contributed by atoms with van der Waals surface area (Å²) < 4.78 is 39.5. The molecule has 1 saturated heterocycles. The fourth-order valence-corrected chi connectivity index (χ4v) is 2.47. The van der Waals surface area contributed by atoms with Gasteiger partial charge >= 0.3 is 6.18 Å². The maximum atomic E-state index is 13.2. The van der Waals surface area contributed by atoms with E-state index in [-0.39, 0.29) is 10.7 Å². The van der Waals surface area contributed by atoms with E-state index >= 15 is 0 Å². The van der Waals surface area contributed by atoms with Gasteiger partial charge in [0.25, 0.3) is 0 Å². The number of pyridine rings is 1. The summed E-state index contributed by atoms with van der Waals surface area (Å²) in [6.45, 7) is 2.90. The van der Waals surface area contributed by atoms with Crippen molar-refractivity contribution < 1.29 is 13.2 Å². The second-order valence-corrected chi connectivity index (χ2v) is 5.13. The molecule has 100 valence electrons. The van der Waals surface area contributed by atoms with Crippen LogP contribution in [0.3, 0.4) is 0 Å². The van der Waals surface area contributed by atoms with Gasteiger partial charge in [-0.2, -0.15) is 13.2 Å². The summed E-state index contributed by atoms with van der Waals surface area (Å²) in [5, 5.41) is 0.203. The predicted octanol–water partition coefficient (Wildman–Crippen LogP) is 3.68. The second kappa shape index (κ2) is 5.05. The van der Waals surface area contributed by atoms with Crippen LogP contribution in [0.15, 0.2) is 18.3 Å². The van der Waals surface area contributed by atoms with Crippen LogP contribution in [-0.2, 0) is 0 Å². The molecule has 0 aromatic carbocycles. The van der Waals surface area contributed by atoms with Gasteiger partial charge in [0.2, 0.25) is 0 Å². The highest BCUT2D eigenvalue weighted by molar-refractivity contribution is 6.29. The van der Waals surface area contributed by atoms with Gasteiger partial charge in [-0.05, 0) is 30.5 Å². The predicted molar refractivity (Wildman–Crippen MR) is 63.4 cm³/mol. The maximum absolute atomic E-state index is 13.2.